The number of aromatic nitrogens is 2. The average Bonchev–Trinajstić information content (AvgIpc) is 2.86. The SMILES string of the molecule is O=C(O)CCc1ncc(CCCc2ccccc2)[nH]1. The Labute approximate surface area is 112 Å². The molecule has 19 heavy (non-hydrogen) atoms. The summed E-state index contributed by atoms with van der Waals surface area (Å²) in [5, 5.41) is 8.61. The molecule has 0 spiro atoms. The Bertz CT molecular complexity index is 520. The van der Waals surface area contributed by atoms with Gasteiger partial charge in [0.15, 0.2) is 0 Å². The third-order valence-electron chi connectivity index (χ3n) is 3.01. The van der Waals surface area contributed by atoms with Gasteiger partial charge in [0.1, 0.15) is 5.82 Å². The summed E-state index contributed by atoms with van der Waals surface area (Å²) in [7, 11) is 0. The first-order chi connectivity index (χ1) is 9.24. The van der Waals surface area contributed by atoms with Crippen molar-refractivity contribution in [2.45, 2.75) is 32.1 Å². The van der Waals surface area contributed by atoms with Crippen molar-refractivity contribution in [1.82, 2.24) is 9.97 Å². The predicted octanol–water partition coefficient (Wildman–Crippen LogP) is 2.60. The van der Waals surface area contributed by atoms with E-state index >= 15 is 0 Å². The molecular weight excluding hydrogens is 240 g/mol. The number of hydrogen-bond acceptors (Lipinski definition) is 2. The lowest BCUT2D eigenvalue weighted by Crippen LogP contribution is -1.99. The van der Waals surface area contributed by atoms with E-state index < -0.39 is 5.97 Å². The molecular formula is C15H18N2O2. The van der Waals surface area contributed by atoms with Crippen molar-refractivity contribution in [3.63, 3.8) is 0 Å². The van der Waals surface area contributed by atoms with Gasteiger partial charge >= 0.3 is 5.97 Å². The minimum atomic E-state index is -0.790. The second-order valence-electron chi connectivity index (χ2n) is 4.59. The molecule has 4 nitrogen and oxygen atoms in total. The van der Waals surface area contributed by atoms with Gasteiger partial charge in [0.25, 0.3) is 0 Å². The minimum absolute atomic E-state index is 0.122. The summed E-state index contributed by atoms with van der Waals surface area (Å²) >= 11 is 0. The molecule has 1 aromatic heterocycles. The molecule has 2 rings (SSSR count). The molecule has 4 heteroatoms. The van der Waals surface area contributed by atoms with E-state index in [9.17, 15) is 4.79 Å². The molecule has 2 aromatic rings. The molecule has 0 fully saturated rings. The molecule has 0 saturated heterocycles. The van der Waals surface area contributed by atoms with Gasteiger partial charge in [-0.15, -0.1) is 0 Å². The number of carboxylic acids is 1. The Morgan fingerprint density at radius 2 is 1.95 bits per heavy atom. The van der Waals surface area contributed by atoms with Crippen LogP contribution in [0.15, 0.2) is 36.5 Å². The average molecular weight is 258 g/mol. The second kappa shape index (κ2) is 6.73. The van der Waals surface area contributed by atoms with Gasteiger partial charge in [-0.2, -0.15) is 0 Å². The first-order valence-electron chi connectivity index (χ1n) is 6.52. The summed E-state index contributed by atoms with van der Waals surface area (Å²) in [5.41, 5.74) is 2.42. The number of aromatic amines is 1. The number of aryl methyl sites for hydroxylation is 3. The van der Waals surface area contributed by atoms with Gasteiger partial charge in [-0.3, -0.25) is 4.79 Å². The first kappa shape index (κ1) is 13.3. The second-order valence-corrected chi connectivity index (χ2v) is 4.59. The number of H-pyrrole nitrogens is 1. The fraction of sp³-hybridized carbons (Fsp3) is 0.333. The molecule has 0 bridgehead atoms. The zero-order chi connectivity index (χ0) is 13.5. The molecule has 0 amide bonds. The van der Waals surface area contributed by atoms with Crippen LogP contribution in [-0.2, 0) is 24.1 Å². The highest BCUT2D eigenvalue weighted by Crippen LogP contribution is 2.07. The Hall–Kier alpha value is -2.10. The maximum absolute atomic E-state index is 10.5. The van der Waals surface area contributed by atoms with Crippen molar-refractivity contribution in [1.29, 1.82) is 0 Å². The molecule has 0 aliphatic heterocycles. The number of nitrogens with one attached hydrogen (secondary N) is 1. The lowest BCUT2D eigenvalue weighted by atomic mass is 10.1. The topological polar surface area (TPSA) is 66.0 Å². The number of imidazole rings is 1. The van der Waals surface area contributed by atoms with Gasteiger partial charge in [-0.05, 0) is 24.8 Å². The zero-order valence-corrected chi connectivity index (χ0v) is 10.8. The lowest BCUT2D eigenvalue weighted by Gasteiger charge is -2.00. The van der Waals surface area contributed by atoms with Crippen molar-refractivity contribution in [2.24, 2.45) is 0 Å². The van der Waals surface area contributed by atoms with Crippen LogP contribution in [0.3, 0.4) is 0 Å². The maximum Gasteiger partial charge on any atom is 0.303 e. The lowest BCUT2D eigenvalue weighted by molar-refractivity contribution is -0.137. The van der Waals surface area contributed by atoms with Crippen LogP contribution in [0.4, 0.5) is 0 Å². The Morgan fingerprint density at radius 3 is 2.68 bits per heavy atom. The summed E-state index contributed by atoms with van der Waals surface area (Å²) in [5.74, 6) is -0.0286. The molecule has 0 radical (unpaired) electrons. The van der Waals surface area contributed by atoms with Crippen LogP contribution in [0.5, 0.6) is 0 Å². The van der Waals surface area contributed by atoms with Gasteiger partial charge in [-0.1, -0.05) is 30.3 Å². The molecule has 0 saturated carbocycles. The largest absolute Gasteiger partial charge is 0.481 e. The smallest absolute Gasteiger partial charge is 0.303 e. The molecule has 2 N–H and O–H groups in total. The van der Waals surface area contributed by atoms with Crippen molar-refractivity contribution < 1.29 is 9.90 Å². The normalized spacial score (nSPS) is 10.5. The molecule has 0 atom stereocenters. The van der Waals surface area contributed by atoms with E-state index in [0.29, 0.717) is 6.42 Å². The van der Waals surface area contributed by atoms with E-state index in [1.54, 1.807) is 0 Å². The van der Waals surface area contributed by atoms with Crippen LogP contribution in [-0.4, -0.2) is 21.0 Å². The standard InChI is InChI=1S/C15H18N2O2/c18-15(19)10-9-14-16-11-13(17-14)8-4-7-12-5-2-1-3-6-12/h1-3,5-6,11H,4,7-10H2,(H,16,17)(H,18,19). The first-order valence-corrected chi connectivity index (χ1v) is 6.52. The Balaban J connectivity index is 1.76. The van der Waals surface area contributed by atoms with Gasteiger partial charge < -0.3 is 10.1 Å². The summed E-state index contributed by atoms with van der Waals surface area (Å²) in [4.78, 5) is 17.8. The third kappa shape index (κ3) is 4.58. The van der Waals surface area contributed by atoms with Crippen LogP contribution in [0, 0.1) is 0 Å². The quantitative estimate of drug-likeness (QED) is 0.802. The highest BCUT2D eigenvalue weighted by atomic mass is 16.4. The number of hydrogen-bond donors (Lipinski definition) is 2. The van der Waals surface area contributed by atoms with E-state index in [1.807, 2.05) is 12.3 Å². The maximum atomic E-state index is 10.5. The van der Waals surface area contributed by atoms with Crippen LogP contribution >= 0.6 is 0 Å². The molecule has 0 aliphatic carbocycles. The molecule has 1 aromatic carbocycles. The Kier molecular flexibility index (Phi) is 4.72. The molecule has 0 unspecified atom stereocenters. The number of aliphatic carboxylic acids is 1. The summed E-state index contributed by atoms with van der Waals surface area (Å²) in [6, 6.07) is 10.4. The molecule has 100 valence electrons. The van der Waals surface area contributed by atoms with Crippen molar-refractivity contribution in [3.8, 4) is 0 Å². The van der Waals surface area contributed by atoms with Gasteiger partial charge in [0, 0.05) is 18.3 Å². The number of carboxylic acid groups (broad SMARTS) is 1. The summed E-state index contributed by atoms with van der Waals surface area (Å²) in [6.45, 7) is 0. The number of nitrogens with zero attached hydrogens (tertiary/aromatic N) is 1. The Morgan fingerprint density at radius 1 is 1.16 bits per heavy atom. The van der Waals surface area contributed by atoms with E-state index in [0.717, 1.165) is 30.8 Å². The molecule has 0 aliphatic rings. The van der Waals surface area contributed by atoms with Crippen LogP contribution < -0.4 is 0 Å². The monoisotopic (exact) mass is 258 g/mol. The zero-order valence-electron chi connectivity index (χ0n) is 10.8. The fourth-order valence-electron chi connectivity index (χ4n) is 2.01. The van der Waals surface area contributed by atoms with Crippen LogP contribution in [0.2, 0.25) is 0 Å². The number of carbonyl (C=O) groups is 1. The number of rotatable bonds is 7. The van der Waals surface area contributed by atoms with E-state index in [2.05, 4.69) is 34.2 Å². The van der Waals surface area contributed by atoms with E-state index in [-0.39, 0.29) is 6.42 Å². The molecule has 1 heterocycles. The van der Waals surface area contributed by atoms with Gasteiger partial charge in [0.2, 0.25) is 0 Å². The summed E-state index contributed by atoms with van der Waals surface area (Å²) in [6.07, 6.45) is 5.44. The highest BCUT2D eigenvalue weighted by Gasteiger charge is 2.03. The van der Waals surface area contributed by atoms with Gasteiger partial charge in [-0.25, -0.2) is 4.98 Å². The minimum Gasteiger partial charge on any atom is -0.481 e. The van der Waals surface area contributed by atoms with E-state index in [1.165, 1.54) is 5.56 Å². The van der Waals surface area contributed by atoms with Crippen LogP contribution in [0.1, 0.15) is 29.9 Å². The van der Waals surface area contributed by atoms with Crippen molar-refractivity contribution >= 4 is 5.97 Å². The summed E-state index contributed by atoms with van der Waals surface area (Å²) < 4.78 is 0. The highest BCUT2D eigenvalue weighted by molar-refractivity contribution is 5.66. The van der Waals surface area contributed by atoms with Crippen LogP contribution in [0.25, 0.3) is 0 Å². The predicted molar refractivity (Wildman–Crippen MR) is 73.0 cm³/mol. The third-order valence-corrected chi connectivity index (χ3v) is 3.01. The van der Waals surface area contributed by atoms with Crippen molar-refractivity contribution in [2.75, 3.05) is 0 Å². The fourth-order valence-corrected chi connectivity index (χ4v) is 2.01. The van der Waals surface area contributed by atoms with Crippen molar-refractivity contribution in [3.05, 3.63) is 53.6 Å². The van der Waals surface area contributed by atoms with Gasteiger partial charge in [0.05, 0.1) is 6.42 Å². The van der Waals surface area contributed by atoms with E-state index in [4.69, 9.17) is 5.11 Å². The number of benzene rings is 1.